The Hall–Kier alpha value is -2.55. The van der Waals surface area contributed by atoms with E-state index in [-0.39, 0.29) is 17.3 Å². The summed E-state index contributed by atoms with van der Waals surface area (Å²) in [6.45, 7) is 5.60. The molecule has 0 spiro atoms. The minimum Gasteiger partial charge on any atom is -0.494 e. The van der Waals surface area contributed by atoms with Crippen LogP contribution < -0.4 is 4.74 Å². The summed E-state index contributed by atoms with van der Waals surface area (Å²) < 4.78 is 39.7. The number of likely N-dealkylation sites (N-methyl/N-ethyl adjacent to an activating group) is 1. The SMILES string of the molecule is CCOc1ccc2oc(C(=O)O[C@H](C)C(=O)N(C)[C@@H]3CCS(=O)(=O)C3)c(C)c2c1. The fourth-order valence-corrected chi connectivity index (χ4v) is 5.24. The first-order valence-corrected chi connectivity index (χ1v) is 11.3. The van der Waals surface area contributed by atoms with Crippen LogP contribution in [-0.4, -0.2) is 62.5 Å². The minimum atomic E-state index is -3.12. The van der Waals surface area contributed by atoms with Crippen molar-refractivity contribution in [3.63, 3.8) is 0 Å². The zero-order valence-corrected chi connectivity index (χ0v) is 17.7. The molecule has 0 saturated carbocycles. The largest absolute Gasteiger partial charge is 0.494 e. The number of esters is 1. The molecular formula is C20H25NO7S. The van der Waals surface area contributed by atoms with E-state index in [1.54, 1.807) is 25.1 Å². The van der Waals surface area contributed by atoms with Crippen LogP contribution in [0.15, 0.2) is 22.6 Å². The summed E-state index contributed by atoms with van der Waals surface area (Å²) in [6.07, 6.45) is -0.682. The van der Waals surface area contributed by atoms with Crippen LogP contribution in [0, 0.1) is 6.92 Å². The number of rotatable bonds is 6. The van der Waals surface area contributed by atoms with E-state index in [9.17, 15) is 18.0 Å². The van der Waals surface area contributed by atoms with Gasteiger partial charge in [-0.2, -0.15) is 0 Å². The maximum absolute atomic E-state index is 12.6. The van der Waals surface area contributed by atoms with Crippen LogP contribution in [0.1, 0.15) is 36.4 Å². The summed E-state index contributed by atoms with van der Waals surface area (Å²) in [5, 5.41) is 0.732. The van der Waals surface area contributed by atoms with Gasteiger partial charge in [-0.15, -0.1) is 0 Å². The van der Waals surface area contributed by atoms with Gasteiger partial charge in [-0.1, -0.05) is 0 Å². The van der Waals surface area contributed by atoms with Gasteiger partial charge in [0.25, 0.3) is 5.91 Å². The summed E-state index contributed by atoms with van der Waals surface area (Å²) in [5.74, 6) is -0.510. The Kier molecular flexibility index (Phi) is 5.88. The predicted molar refractivity (Wildman–Crippen MR) is 107 cm³/mol. The minimum absolute atomic E-state index is 0.0272. The summed E-state index contributed by atoms with van der Waals surface area (Å²) in [6, 6.07) is 4.85. The first kappa shape index (κ1) is 21.2. The normalized spacial score (nSPS) is 19.1. The number of furan rings is 1. The molecule has 0 aliphatic carbocycles. The van der Waals surface area contributed by atoms with Gasteiger partial charge in [-0.05, 0) is 45.4 Å². The van der Waals surface area contributed by atoms with E-state index in [2.05, 4.69) is 0 Å². The number of benzene rings is 1. The molecular weight excluding hydrogens is 398 g/mol. The Morgan fingerprint density at radius 3 is 2.69 bits per heavy atom. The van der Waals surface area contributed by atoms with E-state index in [4.69, 9.17) is 13.9 Å². The van der Waals surface area contributed by atoms with Gasteiger partial charge in [-0.25, -0.2) is 13.2 Å². The fourth-order valence-electron chi connectivity index (χ4n) is 3.46. The van der Waals surface area contributed by atoms with Gasteiger partial charge in [0.2, 0.25) is 5.76 Å². The summed E-state index contributed by atoms with van der Waals surface area (Å²) in [5.41, 5.74) is 1.12. The van der Waals surface area contributed by atoms with Gasteiger partial charge in [-0.3, -0.25) is 4.79 Å². The Bertz CT molecular complexity index is 1040. The van der Waals surface area contributed by atoms with Crippen LogP contribution >= 0.6 is 0 Å². The monoisotopic (exact) mass is 423 g/mol. The molecule has 1 saturated heterocycles. The van der Waals surface area contributed by atoms with Gasteiger partial charge in [0.05, 0.1) is 18.1 Å². The molecule has 2 heterocycles. The zero-order chi connectivity index (χ0) is 21.3. The molecule has 0 N–H and O–H groups in total. The number of carbonyl (C=O) groups is 2. The van der Waals surface area contributed by atoms with E-state index in [0.717, 1.165) is 5.39 Å². The van der Waals surface area contributed by atoms with Gasteiger partial charge >= 0.3 is 5.97 Å². The van der Waals surface area contributed by atoms with Crippen LogP contribution in [0.2, 0.25) is 0 Å². The second kappa shape index (κ2) is 8.06. The van der Waals surface area contributed by atoms with E-state index < -0.39 is 33.9 Å². The van der Waals surface area contributed by atoms with Gasteiger partial charge in [0, 0.05) is 24.0 Å². The summed E-state index contributed by atoms with van der Waals surface area (Å²) in [4.78, 5) is 26.5. The molecule has 0 radical (unpaired) electrons. The first-order valence-electron chi connectivity index (χ1n) is 9.47. The third-order valence-electron chi connectivity index (χ3n) is 5.14. The van der Waals surface area contributed by atoms with Gasteiger partial charge in [0.1, 0.15) is 11.3 Å². The maximum Gasteiger partial charge on any atom is 0.375 e. The number of ether oxygens (including phenoxy) is 2. The van der Waals surface area contributed by atoms with Crippen molar-refractivity contribution in [3.05, 3.63) is 29.5 Å². The highest BCUT2D eigenvalue weighted by molar-refractivity contribution is 7.91. The van der Waals surface area contributed by atoms with E-state index in [0.29, 0.717) is 29.9 Å². The molecule has 1 fully saturated rings. The molecule has 1 aromatic heterocycles. The lowest BCUT2D eigenvalue weighted by molar-refractivity contribution is -0.140. The molecule has 0 unspecified atom stereocenters. The molecule has 29 heavy (non-hydrogen) atoms. The third-order valence-corrected chi connectivity index (χ3v) is 6.89. The molecule has 8 nitrogen and oxygen atoms in total. The molecule has 2 atom stereocenters. The van der Waals surface area contributed by atoms with Crippen molar-refractivity contribution in [2.45, 2.75) is 39.3 Å². The Balaban J connectivity index is 1.72. The molecule has 1 aliphatic heterocycles. The maximum atomic E-state index is 12.6. The topological polar surface area (TPSA) is 103 Å². The van der Waals surface area contributed by atoms with Crippen molar-refractivity contribution in [1.82, 2.24) is 4.90 Å². The second-order valence-electron chi connectivity index (χ2n) is 7.20. The predicted octanol–water partition coefficient (Wildman–Crippen LogP) is 2.33. The molecule has 1 aromatic carbocycles. The van der Waals surface area contributed by atoms with E-state index in [1.165, 1.54) is 18.9 Å². The zero-order valence-electron chi connectivity index (χ0n) is 16.9. The summed E-state index contributed by atoms with van der Waals surface area (Å²) in [7, 11) is -1.59. The smallest absolute Gasteiger partial charge is 0.375 e. The number of nitrogens with zero attached hydrogens (tertiary/aromatic N) is 1. The molecule has 3 rings (SSSR count). The average molecular weight is 423 g/mol. The van der Waals surface area contributed by atoms with Crippen LogP contribution in [0.25, 0.3) is 11.0 Å². The first-order chi connectivity index (χ1) is 13.6. The number of hydrogen-bond donors (Lipinski definition) is 0. The van der Waals surface area contributed by atoms with E-state index in [1.807, 2.05) is 6.92 Å². The standard InChI is InChI=1S/C20H25NO7S/c1-5-26-15-6-7-17-16(10-15)12(2)18(28-17)20(23)27-13(3)19(22)21(4)14-8-9-29(24,25)11-14/h6-7,10,13-14H,5,8-9,11H2,1-4H3/t13-,14-/m1/s1. The molecule has 2 aromatic rings. The lowest BCUT2D eigenvalue weighted by Gasteiger charge is -2.26. The number of aryl methyl sites for hydroxylation is 1. The van der Waals surface area contributed by atoms with Crippen molar-refractivity contribution in [2.75, 3.05) is 25.2 Å². The van der Waals surface area contributed by atoms with Gasteiger partial charge in [0.15, 0.2) is 15.9 Å². The fraction of sp³-hybridized carbons (Fsp3) is 0.500. The summed E-state index contributed by atoms with van der Waals surface area (Å²) >= 11 is 0. The van der Waals surface area contributed by atoms with Crippen LogP contribution in [0.4, 0.5) is 0 Å². The van der Waals surface area contributed by atoms with Crippen LogP contribution in [-0.2, 0) is 19.4 Å². The third kappa shape index (κ3) is 4.39. The van der Waals surface area contributed by atoms with Crippen molar-refractivity contribution >= 4 is 32.7 Å². The quantitative estimate of drug-likeness (QED) is 0.657. The molecule has 1 aliphatic rings. The lowest BCUT2D eigenvalue weighted by atomic mass is 10.1. The van der Waals surface area contributed by atoms with Crippen LogP contribution in [0.5, 0.6) is 5.75 Å². The molecule has 9 heteroatoms. The van der Waals surface area contributed by atoms with Crippen molar-refractivity contribution in [3.8, 4) is 5.75 Å². The number of carbonyl (C=O) groups excluding carboxylic acids is 2. The number of sulfone groups is 1. The number of hydrogen-bond acceptors (Lipinski definition) is 7. The van der Waals surface area contributed by atoms with Crippen molar-refractivity contribution in [1.29, 1.82) is 0 Å². The van der Waals surface area contributed by atoms with Crippen molar-refractivity contribution < 1.29 is 31.9 Å². The highest BCUT2D eigenvalue weighted by atomic mass is 32.2. The van der Waals surface area contributed by atoms with E-state index >= 15 is 0 Å². The van der Waals surface area contributed by atoms with Crippen molar-refractivity contribution in [2.24, 2.45) is 0 Å². The lowest BCUT2D eigenvalue weighted by Crippen LogP contribution is -2.44. The highest BCUT2D eigenvalue weighted by Crippen LogP contribution is 2.29. The molecule has 158 valence electrons. The van der Waals surface area contributed by atoms with Gasteiger partial charge < -0.3 is 18.8 Å². The molecule has 1 amide bonds. The average Bonchev–Trinajstić information content (AvgIpc) is 3.20. The Morgan fingerprint density at radius 2 is 2.07 bits per heavy atom. The second-order valence-corrected chi connectivity index (χ2v) is 9.43. The number of amides is 1. The van der Waals surface area contributed by atoms with Crippen LogP contribution in [0.3, 0.4) is 0 Å². The molecule has 0 bridgehead atoms. The Labute approximate surface area is 169 Å². The Morgan fingerprint density at radius 1 is 1.34 bits per heavy atom. The number of fused-ring (bicyclic) bond motifs is 1. The highest BCUT2D eigenvalue weighted by Gasteiger charge is 2.35.